The summed E-state index contributed by atoms with van der Waals surface area (Å²) in [5, 5.41) is 11.8. The van der Waals surface area contributed by atoms with Crippen molar-refractivity contribution in [3.63, 3.8) is 0 Å². The first-order chi connectivity index (χ1) is 7.99. The molecular formula is C13H18FNO2. The number of benzene rings is 1. The second-order valence-corrected chi connectivity index (χ2v) is 4.23. The van der Waals surface area contributed by atoms with Crippen LogP contribution in [0.25, 0.3) is 0 Å². The molecule has 1 rings (SSSR count). The second-order valence-electron chi connectivity index (χ2n) is 4.23. The van der Waals surface area contributed by atoms with Crippen LogP contribution < -0.4 is 5.32 Å². The molecule has 2 atom stereocenters. The SMILES string of the molecule is CC(O)CCC(=O)NC(C)c1cccc(F)c1. The molecule has 2 unspecified atom stereocenters. The number of rotatable bonds is 5. The Morgan fingerprint density at radius 1 is 1.47 bits per heavy atom. The van der Waals surface area contributed by atoms with Gasteiger partial charge in [0.05, 0.1) is 12.1 Å². The molecule has 0 saturated carbocycles. The summed E-state index contributed by atoms with van der Waals surface area (Å²) in [5.74, 6) is -0.449. The second kappa shape index (κ2) is 6.35. The maximum atomic E-state index is 13.0. The fourth-order valence-electron chi connectivity index (χ4n) is 1.51. The quantitative estimate of drug-likeness (QED) is 0.827. The van der Waals surface area contributed by atoms with Crippen LogP contribution >= 0.6 is 0 Å². The van der Waals surface area contributed by atoms with E-state index in [9.17, 15) is 9.18 Å². The van der Waals surface area contributed by atoms with Crippen LogP contribution in [0.5, 0.6) is 0 Å². The normalized spacial score (nSPS) is 14.1. The molecule has 2 N–H and O–H groups in total. The van der Waals surface area contributed by atoms with Gasteiger partial charge in [-0.05, 0) is 38.0 Å². The average molecular weight is 239 g/mol. The third kappa shape index (κ3) is 4.95. The number of carbonyl (C=O) groups is 1. The number of hydrogen-bond acceptors (Lipinski definition) is 2. The highest BCUT2D eigenvalue weighted by Crippen LogP contribution is 2.13. The summed E-state index contributed by atoms with van der Waals surface area (Å²) in [6.45, 7) is 3.44. The van der Waals surface area contributed by atoms with E-state index in [4.69, 9.17) is 5.11 Å². The van der Waals surface area contributed by atoms with Crippen molar-refractivity contribution in [2.45, 2.75) is 38.8 Å². The van der Waals surface area contributed by atoms with Crippen LogP contribution in [0.2, 0.25) is 0 Å². The summed E-state index contributed by atoms with van der Waals surface area (Å²) in [7, 11) is 0. The minimum atomic E-state index is -0.481. The smallest absolute Gasteiger partial charge is 0.220 e. The molecule has 0 saturated heterocycles. The van der Waals surface area contributed by atoms with Gasteiger partial charge in [-0.2, -0.15) is 0 Å². The van der Waals surface area contributed by atoms with Crippen LogP contribution in [0.1, 0.15) is 38.3 Å². The maximum absolute atomic E-state index is 13.0. The first kappa shape index (κ1) is 13.6. The molecule has 0 aliphatic carbocycles. The summed E-state index contributed by atoms with van der Waals surface area (Å²) < 4.78 is 13.0. The minimum absolute atomic E-state index is 0.136. The molecule has 0 radical (unpaired) electrons. The standard InChI is InChI=1S/C13H18FNO2/c1-9(16)6-7-13(17)15-10(2)11-4-3-5-12(14)8-11/h3-5,8-10,16H,6-7H2,1-2H3,(H,15,17). The van der Waals surface area contributed by atoms with E-state index in [1.54, 1.807) is 26.0 Å². The van der Waals surface area contributed by atoms with E-state index in [0.717, 1.165) is 5.56 Å². The third-order valence-electron chi connectivity index (χ3n) is 2.52. The molecule has 0 aromatic heterocycles. The molecular weight excluding hydrogens is 221 g/mol. The van der Waals surface area contributed by atoms with Gasteiger partial charge in [-0.15, -0.1) is 0 Å². The van der Waals surface area contributed by atoms with Crippen molar-refractivity contribution in [3.8, 4) is 0 Å². The predicted molar refractivity (Wildman–Crippen MR) is 63.9 cm³/mol. The number of hydrogen-bond donors (Lipinski definition) is 2. The van der Waals surface area contributed by atoms with E-state index in [1.807, 2.05) is 0 Å². The average Bonchev–Trinajstić information content (AvgIpc) is 2.26. The van der Waals surface area contributed by atoms with Gasteiger partial charge >= 0.3 is 0 Å². The summed E-state index contributed by atoms with van der Waals surface area (Å²) in [6, 6.07) is 5.92. The third-order valence-corrected chi connectivity index (χ3v) is 2.52. The van der Waals surface area contributed by atoms with E-state index in [2.05, 4.69) is 5.32 Å². The minimum Gasteiger partial charge on any atom is -0.393 e. The highest BCUT2D eigenvalue weighted by Gasteiger charge is 2.10. The molecule has 1 amide bonds. The zero-order valence-electron chi connectivity index (χ0n) is 10.1. The van der Waals surface area contributed by atoms with E-state index >= 15 is 0 Å². The van der Waals surface area contributed by atoms with Crippen LogP contribution in [0.15, 0.2) is 24.3 Å². The van der Waals surface area contributed by atoms with E-state index in [0.29, 0.717) is 6.42 Å². The lowest BCUT2D eigenvalue weighted by molar-refractivity contribution is -0.122. The molecule has 4 heteroatoms. The Balaban J connectivity index is 2.48. The Morgan fingerprint density at radius 2 is 2.18 bits per heavy atom. The van der Waals surface area contributed by atoms with E-state index in [1.165, 1.54) is 12.1 Å². The predicted octanol–water partition coefficient (Wildman–Crippen LogP) is 2.16. The molecule has 17 heavy (non-hydrogen) atoms. The monoisotopic (exact) mass is 239 g/mol. The summed E-state index contributed by atoms with van der Waals surface area (Å²) in [5.41, 5.74) is 0.732. The van der Waals surface area contributed by atoms with Gasteiger partial charge in [0.15, 0.2) is 0 Å². The fourth-order valence-corrected chi connectivity index (χ4v) is 1.51. The zero-order chi connectivity index (χ0) is 12.8. The molecule has 0 aliphatic heterocycles. The van der Waals surface area contributed by atoms with Crippen molar-refractivity contribution in [1.82, 2.24) is 5.32 Å². The highest BCUT2D eigenvalue weighted by molar-refractivity contribution is 5.76. The van der Waals surface area contributed by atoms with Gasteiger partial charge in [-0.1, -0.05) is 12.1 Å². The van der Waals surface area contributed by atoms with Crippen molar-refractivity contribution >= 4 is 5.91 Å². The maximum Gasteiger partial charge on any atom is 0.220 e. The number of carbonyl (C=O) groups excluding carboxylic acids is 1. The molecule has 0 bridgehead atoms. The first-order valence-corrected chi connectivity index (χ1v) is 5.72. The first-order valence-electron chi connectivity index (χ1n) is 5.72. The van der Waals surface area contributed by atoms with Crippen LogP contribution in [0.4, 0.5) is 4.39 Å². The Bertz CT molecular complexity index is 379. The van der Waals surface area contributed by atoms with Gasteiger partial charge in [-0.25, -0.2) is 4.39 Å². The number of halogens is 1. The largest absolute Gasteiger partial charge is 0.393 e. The molecule has 0 spiro atoms. The Hall–Kier alpha value is -1.42. The van der Waals surface area contributed by atoms with E-state index in [-0.39, 0.29) is 24.2 Å². The Labute approximate surface area is 101 Å². The van der Waals surface area contributed by atoms with Gasteiger partial charge in [0, 0.05) is 6.42 Å². The Morgan fingerprint density at radius 3 is 2.76 bits per heavy atom. The highest BCUT2D eigenvalue weighted by atomic mass is 19.1. The van der Waals surface area contributed by atoms with Gasteiger partial charge in [-0.3, -0.25) is 4.79 Å². The van der Waals surface area contributed by atoms with Gasteiger partial charge in [0.2, 0.25) is 5.91 Å². The number of aliphatic hydroxyl groups excluding tert-OH is 1. The molecule has 3 nitrogen and oxygen atoms in total. The number of amides is 1. The summed E-state index contributed by atoms with van der Waals surface area (Å²) >= 11 is 0. The molecule has 1 aromatic rings. The molecule has 0 heterocycles. The molecule has 0 fully saturated rings. The van der Waals surface area contributed by atoms with Gasteiger partial charge in [0.1, 0.15) is 5.82 Å². The van der Waals surface area contributed by atoms with E-state index < -0.39 is 6.10 Å². The Kier molecular flexibility index (Phi) is 5.10. The molecule has 0 aliphatic rings. The van der Waals surface area contributed by atoms with Crippen LogP contribution in [0, 0.1) is 5.82 Å². The number of nitrogens with one attached hydrogen (secondary N) is 1. The topological polar surface area (TPSA) is 49.3 Å². The van der Waals surface area contributed by atoms with Crippen molar-refractivity contribution in [2.75, 3.05) is 0 Å². The fraction of sp³-hybridized carbons (Fsp3) is 0.462. The number of aliphatic hydroxyl groups is 1. The summed E-state index contributed by atoms with van der Waals surface area (Å²) in [6.07, 6.45) is 0.226. The lowest BCUT2D eigenvalue weighted by Crippen LogP contribution is -2.27. The molecule has 1 aromatic carbocycles. The van der Waals surface area contributed by atoms with Gasteiger partial charge in [0.25, 0.3) is 0 Å². The van der Waals surface area contributed by atoms with Crippen molar-refractivity contribution < 1.29 is 14.3 Å². The van der Waals surface area contributed by atoms with Crippen LogP contribution in [-0.2, 0) is 4.79 Å². The molecule has 94 valence electrons. The summed E-state index contributed by atoms with van der Waals surface area (Å²) in [4.78, 5) is 11.5. The lowest BCUT2D eigenvalue weighted by Gasteiger charge is -2.14. The lowest BCUT2D eigenvalue weighted by atomic mass is 10.1. The van der Waals surface area contributed by atoms with Crippen molar-refractivity contribution in [3.05, 3.63) is 35.6 Å². The van der Waals surface area contributed by atoms with Crippen LogP contribution in [0.3, 0.4) is 0 Å². The van der Waals surface area contributed by atoms with Crippen molar-refractivity contribution in [1.29, 1.82) is 0 Å². The van der Waals surface area contributed by atoms with Crippen molar-refractivity contribution in [2.24, 2.45) is 0 Å². The van der Waals surface area contributed by atoms with Gasteiger partial charge < -0.3 is 10.4 Å². The van der Waals surface area contributed by atoms with Crippen LogP contribution in [-0.4, -0.2) is 17.1 Å². The zero-order valence-corrected chi connectivity index (χ0v) is 10.1.